The van der Waals surface area contributed by atoms with Gasteiger partial charge < -0.3 is 5.11 Å². The number of aromatic carboxylic acids is 1. The Morgan fingerprint density at radius 1 is 1.33 bits per heavy atom. The summed E-state index contributed by atoms with van der Waals surface area (Å²) >= 11 is 1.46. The number of carbonyl (C=O) groups is 1. The molecule has 0 aliphatic rings. The summed E-state index contributed by atoms with van der Waals surface area (Å²) in [4.78, 5) is 14.9. The Morgan fingerprint density at radius 2 is 2.00 bits per heavy atom. The van der Waals surface area contributed by atoms with E-state index in [9.17, 15) is 13.2 Å². The number of aryl methyl sites for hydroxylation is 1. The van der Waals surface area contributed by atoms with E-state index in [1.807, 2.05) is 6.92 Å². The first-order valence-corrected chi connectivity index (χ1v) is 8.59. The van der Waals surface area contributed by atoms with Crippen LogP contribution < -0.4 is 4.72 Å². The van der Waals surface area contributed by atoms with Crippen LogP contribution >= 0.6 is 11.3 Å². The van der Waals surface area contributed by atoms with E-state index in [2.05, 4.69) is 9.71 Å². The zero-order chi connectivity index (χ0) is 15.5. The Morgan fingerprint density at radius 3 is 2.52 bits per heavy atom. The third-order valence-electron chi connectivity index (χ3n) is 2.70. The first kappa shape index (κ1) is 15.6. The van der Waals surface area contributed by atoms with Crippen molar-refractivity contribution in [2.75, 3.05) is 0 Å². The van der Waals surface area contributed by atoms with Gasteiger partial charge in [-0.05, 0) is 24.6 Å². The number of thiazole rings is 1. The minimum absolute atomic E-state index is 0.127. The number of benzene rings is 1. The summed E-state index contributed by atoms with van der Waals surface area (Å²) < 4.78 is 26.4. The fourth-order valence-corrected chi connectivity index (χ4v) is 3.40. The lowest BCUT2D eigenvalue weighted by Crippen LogP contribution is -2.24. The largest absolute Gasteiger partial charge is 0.478 e. The normalized spacial score (nSPS) is 11.5. The Bertz CT molecular complexity index is 736. The molecular weight excluding hydrogens is 312 g/mol. The summed E-state index contributed by atoms with van der Waals surface area (Å²) in [6.45, 7) is 2.01. The van der Waals surface area contributed by atoms with Crippen LogP contribution in [0.15, 0.2) is 29.6 Å². The van der Waals surface area contributed by atoms with Crippen LogP contribution in [0.25, 0.3) is 0 Å². The van der Waals surface area contributed by atoms with Crippen molar-refractivity contribution in [3.63, 3.8) is 0 Å². The van der Waals surface area contributed by atoms with Gasteiger partial charge in [0, 0.05) is 5.38 Å². The number of sulfonamides is 1. The van der Waals surface area contributed by atoms with Crippen molar-refractivity contribution in [3.05, 3.63) is 51.5 Å². The number of nitrogens with zero attached hydrogens (tertiary/aromatic N) is 1. The molecule has 1 aromatic carbocycles. The topological polar surface area (TPSA) is 96.4 Å². The third kappa shape index (κ3) is 4.62. The van der Waals surface area contributed by atoms with E-state index >= 15 is 0 Å². The molecule has 1 heterocycles. The molecule has 0 unspecified atom stereocenters. The number of hydrogen-bond donors (Lipinski definition) is 2. The summed E-state index contributed by atoms with van der Waals surface area (Å²) in [6, 6.07) is 5.76. The molecule has 0 atom stereocenters. The lowest BCUT2D eigenvalue weighted by molar-refractivity contribution is 0.0697. The monoisotopic (exact) mass is 326 g/mol. The molecule has 6 nitrogen and oxygen atoms in total. The molecule has 0 saturated carbocycles. The van der Waals surface area contributed by atoms with Crippen LogP contribution in [0.2, 0.25) is 0 Å². The van der Waals surface area contributed by atoms with Crippen LogP contribution in [0.5, 0.6) is 0 Å². The highest BCUT2D eigenvalue weighted by molar-refractivity contribution is 7.88. The Labute approximate surface area is 126 Å². The molecule has 0 bridgehead atoms. The molecule has 0 radical (unpaired) electrons. The van der Waals surface area contributed by atoms with Crippen molar-refractivity contribution in [2.24, 2.45) is 0 Å². The minimum atomic E-state index is -3.49. The summed E-state index contributed by atoms with van der Waals surface area (Å²) in [6.07, 6.45) is 0. The zero-order valence-corrected chi connectivity index (χ0v) is 12.9. The number of nitrogens with one attached hydrogen (secondary N) is 1. The van der Waals surface area contributed by atoms with Gasteiger partial charge in [-0.3, -0.25) is 0 Å². The molecule has 0 aliphatic heterocycles. The van der Waals surface area contributed by atoms with Crippen molar-refractivity contribution in [2.45, 2.75) is 19.2 Å². The van der Waals surface area contributed by atoms with Crippen LogP contribution in [0.3, 0.4) is 0 Å². The van der Waals surface area contributed by atoms with E-state index in [0.717, 1.165) is 5.01 Å². The van der Waals surface area contributed by atoms with Gasteiger partial charge in [0.1, 0.15) is 0 Å². The third-order valence-corrected chi connectivity index (χ3v) is 4.82. The second-order valence-electron chi connectivity index (χ2n) is 4.44. The standard InChI is InChI=1S/C13H14N2O4S2/c1-9-15-12(7-20-9)6-14-21(18,19)8-10-2-4-11(5-3-10)13(16)17/h2-5,7,14H,6,8H2,1H3,(H,16,17). The molecule has 0 spiro atoms. The van der Waals surface area contributed by atoms with Crippen LogP contribution in [0, 0.1) is 6.92 Å². The van der Waals surface area contributed by atoms with Gasteiger partial charge in [0.05, 0.1) is 28.6 Å². The van der Waals surface area contributed by atoms with Crippen LogP contribution in [-0.2, 0) is 22.3 Å². The van der Waals surface area contributed by atoms with Crippen LogP contribution in [-0.4, -0.2) is 24.5 Å². The predicted molar refractivity (Wildman–Crippen MR) is 79.7 cm³/mol. The SMILES string of the molecule is Cc1nc(CNS(=O)(=O)Cc2ccc(C(=O)O)cc2)cs1. The molecule has 2 aromatic rings. The van der Waals surface area contributed by atoms with Gasteiger partial charge in [-0.25, -0.2) is 22.9 Å². The van der Waals surface area contributed by atoms with E-state index in [1.165, 1.54) is 35.6 Å². The first-order valence-electron chi connectivity index (χ1n) is 6.06. The molecule has 112 valence electrons. The fourth-order valence-electron chi connectivity index (χ4n) is 1.69. The number of carboxylic acids is 1. The average Bonchev–Trinajstić information content (AvgIpc) is 2.83. The smallest absolute Gasteiger partial charge is 0.335 e. The Kier molecular flexibility index (Phi) is 4.71. The van der Waals surface area contributed by atoms with Gasteiger partial charge in [-0.1, -0.05) is 12.1 Å². The van der Waals surface area contributed by atoms with E-state index in [1.54, 1.807) is 5.38 Å². The molecule has 2 N–H and O–H groups in total. The number of aromatic nitrogens is 1. The highest BCUT2D eigenvalue weighted by atomic mass is 32.2. The number of hydrogen-bond acceptors (Lipinski definition) is 5. The van der Waals surface area contributed by atoms with Crippen molar-refractivity contribution >= 4 is 27.3 Å². The maximum Gasteiger partial charge on any atom is 0.335 e. The minimum Gasteiger partial charge on any atom is -0.478 e. The average molecular weight is 326 g/mol. The number of carboxylic acid groups (broad SMARTS) is 1. The molecule has 1 aromatic heterocycles. The number of rotatable bonds is 6. The maximum absolute atomic E-state index is 11.9. The van der Waals surface area contributed by atoms with E-state index < -0.39 is 16.0 Å². The van der Waals surface area contributed by atoms with Crippen molar-refractivity contribution in [1.82, 2.24) is 9.71 Å². The maximum atomic E-state index is 11.9. The van der Waals surface area contributed by atoms with Gasteiger partial charge in [0.2, 0.25) is 10.0 Å². The summed E-state index contributed by atoms with van der Waals surface area (Å²) in [5.41, 5.74) is 1.34. The Hall–Kier alpha value is -1.77. The lowest BCUT2D eigenvalue weighted by atomic mass is 10.1. The second kappa shape index (κ2) is 6.33. The van der Waals surface area contributed by atoms with Crippen LogP contribution in [0.4, 0.5) is 0 Å². The molecule has 0 aliphatic carbocycles. The molecule has 21 heavy (non-hydrogen) atoms. The molecular formula is C13H14N2O4S2. The van der Waals surface area contributed by atoms with Crippen molar-refractivity contribution in [3.8, 4) is 0 Å². The quantitative estimate of drug-likeness (QED) is 0.843. The summed E-state index contributed by atoms with van der Waals surface area (Å²) in [7, 11) is -3.49. The highest BCUT2D eigenvalue weighted by Crippen LogP contribution is 2.10. The summed E-state index contributed by atoms with van der Waals surface area (Å²) in [5.74, 6) is -1.24. The van der Waals surface area contributed by atoms with Crippen LogP contribution in [0.1, 0.15) is 26.6 Å². The van der Waals surface area contributed by atoms with Crippen molar-refractivity contribution < 1.29 is 18.3 Å². The highest BCUT2D eigenvalue weighted by Gasteiger charge is 2.13. The molecule has 0 saturated heterocycles. The van der Waals surface area contributed by atoms with E-state index in [0.29, 0.717) is 11.3 Å². The Balaban J connectivity index is 1.98. The first-order chi connectivity index (χ1) is 9.85. The fraction of sp³-hybridized carbons (Fsp3) is 0.231. The molecule has 8 heteroatoms. The van der Waals surface area contributed by atoms with Gasteiger partial charge in [-0.2, -0.15) is 0 Å². The molecule has 0 fully saturated rings. The van der Waals surface area contributed by atoms with Gasteiger partial charge >= 0.3 is 5.97 Å². The predicted octanol–water partition coefficient (Wildman–Crippen LogP) is 1.77. The second-order valence-corrected chi connectivity index (χ2v) is 7.31. The molecule has 0 amide bonds. The molecule has 2 rings (SSSR count). The van der Waals surface area contributed by atoms with Gasteiger partial charge in [0.25, 0.3) is 0 Å². The zero-order valence-electron chi connectivity index (χ0n) is 11.2. The lowest BCUT2D eigenvalue weighted by Gasteiger charge is -2.06. The van der Waals surface area contributed by atoms with E-state index in [-0.39, 0.29) is 17.9 Å². The summed E-state index contributed by atoms with van der Waals surface area (Å²) in [5, 5.41) is 11.5. The van der Waals surface area contributed by atoms with Gasteiger partial charge in [0.15, 0.2) is 0 Å². The van der Waals surface area contributed by atoms with Crippen molar-refractivity contribution in [1.29, 1.82) is 0 Å². The van der Waals surface area contributed by atoms with E-state index in [4.69, 9.17) is 5.11 Å². The van der Waals surface area contributed by atoms with Gasteiger partial charge in [-0.15, -0.1) is 11.3 Å².